The summed E-state index contributed by atoms with van der Waals surface area (Å²) in [7, 11) is 0. The van der Waals surface area contributed by atoms with E-state index in [1.165, 1.54) is 0 Å². The zero-order valence-electron chi connectivity index (χ0n) is 10.2. The molecule has 0 spiro atoms. The maximum absolute atomic E-state index is 11.6. The molecule has 2 heterocycles. The van der Waals surface area contributed by atoms with Gasteiger partial charge in [-0.25, -0.2) is 4.79 Å². The Morgan fingerprint density at radius 1 is 1.11 bits per heavy atom. The minimum Gasteiger partial charge on any atom is -0.458 e. The molecule has 0 N–H and O–H groups in total. The Kier molecular flexibility index (Phi) is 3.62. The van der Waals surface area contributed by atoms with Gasteiger partial charge in [0.05, 0.1) is 11.8 Å². The first-order valence-electron chi connectivity index (χ1n) is 5.63. The Balaban J connectivity index is 2.18. The molecule has 0 aromatic carbocycles. The number of hydrogen-bond donors (Lipinski definition) is 0. The number of rotatable bonds is 3. The van der Waals surface area contributed by atoms with Gasteiger partial charge >= 0.3 is 5.97 Å². The van der Waals surface area contributed by atoms with Gasteiger partial charge in [-0.15, -0.1) is 10.2 Å². The molecule has 0 radical (unpaired) electrons. The largest absolute Gasteiger partial charge is 0.458 e. The lowest BCUT2D eigenvalue weighted by atomic mass is 10.2. The van der Waals surface area contributed by atoms with Gasteiger partial charge < -0.3 is 4.74 Å². The Labute approximate surface area is 105 Å². The first-order valence-corrected chi connectivity index (χ1v) is 5.63. The first kappa shape index (κ1) is 12.2. The minimum absolute atomic E-state index is 0.172. The van der Waals surface area contributed by atoms with E-state index in [1.807, 2.05) is 18.2 Å². The van der Waals surface area contributed by atoms with Crippen molar-refractivity contribution < 1.29 is 9.53 Å². The molecule has 2 aromatic heterocycles. The average molecular weight is 243 g/mol. The van der Waals surface area contributed by atoms with Crippen LogP contribution in [0.1, 0.15) is 24.3 Å². The van der Waals surface area contributed by atoms with Crippen LogP contribution in [-0.4, -0.2) is 27.3 Å². The quantitative estimate of drug-likeness (QED) is 0.772. The molecule has 0 unspecified atom stereocenters. The Morgan fingerprint density at radius 3 is 2.50 bits per heavy atom. The van der Waals surface area contributed by atoms with Crippen LogP contribution in [0.4, 0.5) is 0 Å². The molecule has 0 aliphatic heterocycles. The Morgan fingerprint density at radius 2 is 1.94 bits per heavy atom. The van der Waals surface area contributed by atoms with Gasteiger partial charge in [0.1, 0.15) is 5.69 Å². The van der Waals surface area contributed by atoms with Crippen molar-refractivity contribution in [2.75, 3.05) is 0 Å². The molecule has 0 aliphatic rings. The fourth-order valence-corrected chi connectivity index (χ4v) is 1.37. The van der Waals surface area contributed by atoms with Crippen molar-refractivity contribution >= 4 is 5.97 Å². The lowest BCUT2D eigenvalue weighted by Gasteiger charge is -2.06. The van der Waals surface area contributed by atoms with Crippen LogP contribution in [-0.2, 0) is 4.74 Å². The van der Waals surface area contributed by atoms with Crippen LogP contribution in [0.25, 0.3) is 11.4 Å². The van der Waals surface area contributed by atoms with Gasteiger partial charge in [0.25, 0.3) is 0 Å². The summed E-state index contributed by atoms with van der Waals surface area (Å²) in [5, 5.41) is 7.81. The van der Waals surface area contributed by atoms with Crippen LogP contribution in [0.15, 0.2) is 36.5 Å². The van der Waals surface area contributed by atoms with Crippen LogP contribution in [0.5, 0.6) is 0 Å². The molecular weight excluding hydrogens is 230 g/mol. The molecule has 2 rings (SSSR count). The first-order chi connectivity index (χ1) is 8.66. The zero-order chi connectivity index (χ0) is 13.0. The van der Waals surface area contributed by atoms with E-state index < -0.39 is 5.97 Å². The molecule has 0 saturated heterocycles. The lowest BCUT2D eigenvalue weighted by Crippen LogP contribution is -2.13. The molecule has 0 bridgehead atoms. The number of aromatic nitrogens is 3. The second-order valence-corrected chi connectivity index (χ2v) is 3.97. The number of nitrogens with zero attached hydrogens (tertiary/aromatic N) is 3. The van der Waals surface area contributed by atoms with Crippen LogP contribution in [0.3, 0.4) is 0 Å². The van der Waals surface area contributed by atoms with E-state index >= 15 is 0 Å². The highest BCUT2D eigenvalue weighted by Crippen LogP contribution is 2.12. The highest BCUT2D eigenvalue weighted by molar-refractivity contribution is 5.87. The number of carbonyl (C=O) groups excluding carboxylic acids is 1. The third-order valence-electron chi connectivity index (χ3n) is 2.14. The zero-order valence-corrected chi connectivity index (χ0v) is 10.2. The van der Waals surface area contributed by atoms with Crippen molar-refractivity contribution in [3.05, 3.63) is 42.2 Å². The average Bonchev–Trinajstić information content (AvgIpc) is 2.39. The van der Waals surface area contributed by atoms with Gasteiger partial charge in [-0.1, -0.05) is 6.07 Å². The molecule has 5 nitrogen and oxygen atoms in total. The van der Waals surface area contributed by atoms with E-state index in [9.17, 15) is 4.79 Å². The summed E-state index contributed by atoms with van der Waals surface area (Å²) in [6.45, 7) is 3.57. The lowest BCUT2D eigenvalue weighted by molar-refractivity contribution is 0.0369. The number of carbonyl (C=O) groups is 1. The van der Waals surface area contributed by atoms with E-state index in [-0.39, 0.29) is 11.8 Å². The van der Waals surface area contributed by atoms with E-state index in [0.717, 1.165) is 0 Å². The number of esters is 1. The SMILES string of the molecule is CC(C)OC(=O)c1ccc(-c2ccccn2)nn1. The topological polar surface area (TPSA) is 65.0 Å². The maximum atomic E-state index is 11.6. The molecule has 5 heteroatoms. The van der Waals surface area contributed by atoms with Gasteiger partial charge in [0.2, 0.25) is 0 Å². The van der Waals surface area contributed by atoms with Gasteiger partial charge in [-0.2, -0.15) is 0 Å². The smallest absolute Gasteiger partial charge is 0.359 e. The third-order valence-corrected chi connectivity index (χ3v) is 2.14. The van der Waals surface area contributed by atoms with E-state index in [0.29, 0.717) is 11.4 Å². The minimum atomic E-state index is -0.468. The van der Waals surface area contributed by atoms with Crippen molar-refractivity contribution in [3.8, 4) is 11.4 Å². The van der Waals surface area contributed by atoms with E-state index in [2.05, 4.69) is 15.2 Å². The summed E-state index contributed by atoms with van der Waals surface area (Å²) in [5.41, 5.74) is 1.54. The summed E-state index contributed by atoms with van der Waals surface area (Å²) in [5.74, 6) is -0.468. The second-order valence-electron chi connectivity index (χ2n) is 3.97. The molecule has 92 valence electrons. The maximum Gasteiger partial charge on any atom is 0.359 e. The van der Waals surface area contributed by atoms with Crippen molar-refractivity contribution in [2.45, 2.75) is 20.0 Å². The fourth-order valence-electron chi connectivity index (χ4n) is 1.37. The van der Waals surface area contributed by atoms with Crippen LogP contribution in [0, 0.1) is 0 Å². The molecule has 0 saturated carbocycles. The van der Waals surface area contributed by atoms with Crippen molar-refractivity contribution in [1.29, 1.82) is 0 Å². The molecular formula is C13H13N3O2. The van der Waals surface area contributed by atoms with Crippen molar-refractivity contribution in [1.82, 2.24) is 15.2 Å². The predicted octanol–water partition coefficient (Wildman–Crippen LogP) is 2.10. The highest BCUT2D eigenvalue weighted by atomic mass is 16.5. The van der Waals surface area contributed by atoms with Crippen molar-refractivity contribution in [2.24, 2.45) is 0 Å². The molecule has 2 aromatic rings. The summed E-state index contributed by atoms with van der Waals surface area (Å²) in [4.78, 5) is 15.7. The van der Waals surface area contributed by atoms with Gasteiger partial charge in [0, 0.05) is 6.20 Å². The molecule has 0 atom stereocenters. The van der Waals surface area contributed by atoms with Crippen molar-refractivity contribution in [3.63, 3.8) is 0 Å². The van der Waals surface area contributed by atoms with E-state index in [4.69, 9.17) is 4.74 Å². The molecule has 0 amide bonds. The monoisotopic (exact) mass is 243 g/mol. The predicted molar refractivity (Wildman–Crippen MR) is 65.8 cm³/mol. The summed E-state index contributed by atoms with van der Waals surface area (Å²) in [6.07, 6.45) is 1.51. The fraction of sp³-hybridized carbons (Fsp3) is 0.231. The third kappa shape index (κ3) is 2.88. The molecule has 18 heavy (non-hydrogen) atoms. The number of hydrogen-bond acceptors (Lipinski definition) is 5. The van der Waals surface area contributed by atoms with Crippen LogP contribution < -0.4 is 0 Å². The number of pyridine rings is 1. The molecule has 0 aliphatic carbocycles. The Hall–Kier alpha value is -2.30. The summed E-state index contributed by atoms with van der Waals surface area (Å²) >= 11 is 0. The standard InChI is InChI=1S/C13H13N3O2/c1-9(2)18-13(17)12-7-6-11(15-16-12)10-5-3-4-8-14-10/h3-9H,1-2H3. The van der Waals surface area contributed by atoms with Crippen LogP contribution >= 0.6 is 0 Å². The summed E-state index contributed by atoms with van der Waals surface area (Å²) < 4.78 is 5.02. The van der Waals surface area contributed by atoms with Gasteiger partial charge in [-0.3, -0.25) is 4.98 Å². The highest BCUT2D eigenvalue weighted by Gasteiger charge is 2.11. The normalized spacial score (nSPS) is 10.4. The number of ether oxygens (including phenoxy) is 1. The van der Waals surface area contributed by atoms with Gasteiger partial charge in [-0.05, 0) is 38.1 Å². The molecule has 0 fully saturated rings. The second kappa shape index (κ2) is 5.35. The van der Waals surface area contributed by atoms with Gasteiger partial charge in [0.15, 0.2) is 5.69 Å². The van der Waals surface area contributed by atoms with Crippen LogP contribution in [0.2, 0.25) is 0 Å². The summed E-state index contributed by atoms with van der Waals surface area (Å²) in [6, 6.07) is 8.81. The Bertz CT molecular complexity index is 524. The van der Waals surface area contributed by atoms with E-state index in [1.54, 1.807) is 32.2 Å².